The number of nitrogens with zero attached hydrogens (tertiary/aromatic N) is 3. The number of carbonyl (C=O) groups excluding carboxylic acids is 1. The molecule has 0 spiro atoms. The minimum atomic E-state index is -4.66. The lowest BCUT2D eigenvalue weighted by atomic mass is 9.97. The second-order valence-corrected chi connectivity index (χ2v) is 6.55. The Hall–Kier alpha value is -2.98. The summed E-state index contributed by atoms with van der Waals surface area (Å²) in [6.07, 6.45) is -3.76. The molecule has 158 valence electrons. The number of amides is 2. The summed E-state index contributed by atoms with van der Waals surface area (Å²) < 4.78 is 52.9. The number of nitrogens with one attached hydrogen (secondary N) is 1. The average molecular weight is 414 g/mol. The van der Waals surface area contributed by atoms with E-state index < -0.39 is 12.1 Å². The molecule has 1 saturated heterocycles. The number of hydrogen-bond donors (Lipinski definition) is 1. The molecule has 1 N–H and O–H groups in total. The van der Waals surface area contributed by atoms with Gasteiger partial charge in [-0.3, -0.25) is 0 Å². The summed E-state index contributed by atoms with van der Waals surface area (Å²) >= 11 is 0. The number of alkyl halides is 3. The van der Waals surface area contributed by atoms with Gasteiger partial charge in [-0.05, 0) is 30.5 Å². The molecule has 0 bridgehead atoms. The van der Waals surface area contributed by atoms with Crippen LogP contribution in [0.2, 0.25) is 0 Å². The number of likely N-dealkylation sites (tertiary alicyclic amines) is 1. The number of ether oxygens (including phenoxy) is 2. The van der Waals surface area contributed by atoms with Crippen LogP contribution < -0.4 is 14.8 Å². The van der Waals surface area contributed by atoms with Crippen LogP contribution >= 0.6 is 0 Å². The van der Waals surface area contributed by atoms with Crippen LogP contribution in [0.5, 0.6) is 11.5 Å². The summed E-state index contributed by atoms with van der Waals surface area (Å²) in [6.45, 7) is 1.07. The van der Waals surface area contributed by atoms with Crippen LogP contribution in [0.3, 0.4) is 0 Å². The molecule has 2 aromatic rings. The number of carbonyl (C=O) groups is 1. The first-order chi connectivity index (χ1) is 13.8. The standard InChI is InChI=1S/C18H21F3N4O4/c1-27-13-4-3-11(9-14(13)28-2)10-22-17(26)25-7-5-12(6-8-25)15-23-24-16(29-15)18(19,20)21/h3-4,9,12H,5-8,10H2,1-2H3,(H,22,26). The van der Waals surface area contributed by atoms with Gasteiger partial charge in [-0.15, -0.1) is 10.2 Å². The van der Waals surface area contributed by atoms with Crippen molar-refractivity contribution in [3.05, 3.63) is 35.5 Å². The Balaban J connectivity index is 1.51. The van der Waals surface area contributed by atoms with Crippen LogP contribution in [0, 0.1) is 0 Å². The van der Waals surface area contributed by atoms with E-state index in [1.54, 1.807) is 24.1 Å². The van der Waals surface area contributed by atoms with Gasteiger partial charge in [0.2, 0.25) is 5.89 Å². The van der Waals surface area contributed by atoms with Gasteiger partial charge in [0.25, 0.3) is 0 Å². The molecule has 0 aliphatic carbocycles. The average Bonchev–Trinajstić information content (AvgIpc) is 3.22. The van der Waals surface area contributed by atoms with Crippen LogP contribution in [0.4, 0.5) is 18.0 Å². The fourth-order valence-electron chi connectivity index (χ4n) is 3.12. The molecule has 0 saturated carbocycles. The highest BCUT2D eigenvalue weighted by Gasteiger charge is 2.39. The highest BCUT2D eigenvalue weighted by molar-refractivity contribution is 5.74. The maximum atomic E-state index is 12.6. The van der Waals surface area contributed by atoms with Crippen molar-refractivity contribution in [3.8, 4) is 11.5 Å². The zero-order valence-electron chi connectivity index (χ0n) is 16.0. The van der Waals surface area contributed by atoms with Crippen molar-refractivity contribution >= 4 is 6.03 Å². The van der Waals surface area contributed by atoms with E-state index in [1.165, 1.54) is 7.11 Å². The summed E-state index contributed by atoms with van der Waals surface area (Å²) in [5.74, 6) is -0.518. The van der Waals surface area contributed by atoms with Crippen molar-refractivity contribution in [1.29, 1.82) is 0 Å². The quantitative estimate of drug-likeness (QED) is 0.808. The van der Waals surface area contributed by atoms with Gasteiger partial charge in [0.1, 0.15) is 0 Å². The number of aromatic nitrogens is 2. The van der Waals surface area contributed by atoms with E-state index in [2.05, 4.69) is 15.5 Å². The first-order valence-electron chi connectivity index (χ1n) is 8.96. The van der Waals surface area contributed by atoms with Crippen LogP contribution in [0.15, 0.2) is 22.6 Å². The van der Waals surface area contributed by atoms with Crippen LogP contribution in [-0.4, -0.2) is 48.4 Å². The molecule has 1 aliphatic heterocycles. The number of rotatable bonds is 5. The number of piperidine rings is 1. The molecule has 1 fully saturated rings. The van der Waals surface area contributed by atoms with Gasteiger partial charge in [0, 0.05) is 25.6 Å². The van der Waals surface area contributed by atoms with Gasteiger partial charge in [-0.2, -0.15) is 13.2 Å². The Labute approximate surface area is 165 Å². The Kier molecular flexibility index (Phi) is 6.14. The van der Waals surface area contributed by atoms with E-state index in [-0.39, 0.29) is 17.8 Å². The second-order valence-electron chi connectivity index (χ2n) is 6.55. The van der Waals surface area contributed by atoms with E-state index >= 15 is 0 Å². The monoisotopic (exact) mass is 414 g/mol. The van der Waals surface area contributed by atoms with Gasteiger partial charge in [-0.25, -0.2) is 4.79 Å². The van der Waals surface area contributed by atoms with Gasteiger partial charge in [-0.1, -0.05) is 6.07 Å². The molecule has 1 aromatic carbocycles. The van der Waals surface area contributed by atoms with E-state index in [1.807, 2.05) is 6.07 Å². The number of benzene rings is 1. The topological polar surface area (TPSA) is 89.7 Å². The summed E-state index contributed by atoms with van der Waals surface area (Å²) in [5, 5.41) is 9.38. The maximum absolute atomic E-state index is 12.6. The molecule has 0 unspecified atom stereocenters. The smallest absolute Gasteiger partial charge is 0.470 e. The van der Waals surface area contributed by atoms with Gasteiger partial charge < -0.3 is 24.1 Å². The second kappa shape index (κ2) is 8.58. The van der Waals surface area contributed by atoms with Crippen molar-refractivity contribution in [2.24, 2.45) is 0 Å². The lowest BCUT2D eigenvalue weighted by Gasteiger charge is -2.30. The molecule has 11 heteroatoms. The zero-order chi connectivity index (χ0) is 21.0. The van der Waals surface area contributed by atoms with Crippen LogP contribution in [-0.2, 0) is 12.7 Å². The summed E-state index contributed by atoms with van der Waals surface area (Å²) in [7, 11) is 3.08. The predicted molar refractivity (Wildman–Crippen MR) is 94.6 cm³/mol. The maximum Gasteiger partial charge on any atom is 0.470 e. The number of hydrogen-bond acceptors (Lipinski definition) is 6. The molecule has 8 nitrogen and oxygen atoms in total. The molecule has 29 heavy (non-hydrogen) atoms. The van der Waals surface area contributed by atoms with Gasteiger partial charge >= 0.3 is 18.1 Å². The van der Waals surface area contributed by atoms with Gasteiger partial charge in [0.05, 0.1) is 14.2 Å². The van der Waals surface area contributed by atoms with E-state index in [0.29, 0.717) is 44.0 Å². The highest BCUT2D eigenvalue weighted by Crippen LogP contribution is 2.32. The normalized spacial score (nSPS) is 15.3. The third-order valence-electron chi connectivity index (χ3n) is 4.71. The largest absolute Gasteiger partial charge is 0.493 e. The molecular formula is C18H21F3N4O4. The fourth-order valence-corrected chi connectivity index (χ4v) is 3.12. The molecular weight excluding hydrogens is 393 g/mol. The van der Waals surface area contributed by atoms with Crippen molar-refractivity contribution in [3.63, 3.8) is 0 Å². The lowest BCUT2D eigenvalue weighted by molar-refractivity contribution is -0.157. The van der Waals surface area contributed by atoms with Crippen molar-refractivity contribution in [1.82, 2.24) is 20.4 Å². The van der Waals surface area contributed by atoms with E-state index in [4.69, 9.17) is 13.9 Å². The number of methoxy groups -OCH3 is 2. The van der Waals surface area contributed by atoms with Crippen LogP contribution in [0.1, 0.15) is 36.1 Å². The highest BCUT2D eigenvalue weighted by atomic mass is 19.4. The van der Waals surface area contributed by atoms with Crippen molar-refractivity contribution < 1.29 is 31.9 Å². The van der Waals surface area contributed by atoms with Crippen molar-refractivity contribution in [2.45, 2.75) is 31.5 Å². The molecule has 1 aromatic heterocycles. The van der Waals surface area contributed by atoms with Crippen LogP contribution in [0.25, 0.3) is 0 Å². The van der Waals surface area contributed by atoms with Gasteiger partial charge in [0.15, 0.2) is 11.5 Å². The third-order valence-corrected chi connectivity index (χ3v) is 4.71. The fraction of sp³-hybridized carbons (Fsp3) is 0.500. The minimum Gasteiger partial charge on any atom is -0.493 e. The predicted octanol–water partition coefficient (Wildman–Crippen LogP) is 3.19. The Bertz CT molecular complexity index is 848. The molecule has 0 radical (unpaired) electrons. The number of urea groups is 1. The Morgan fingerprint density at radius 3 is 2.48 bits per heavy atom. The molecule has 2 heterocycles. The van der Waals surface area contributed by atoms with E-state index in [9.17, 15) is 18.0 Å². The lowest BCUT2D eigenvalue weighted by Crippen LogP contribution is -2.43. The van der Waals surface area contributed by atoms with E-state index in [0.717, 1.165) is 5.56 Å². The minimum absolute atomic E-state index is 0.0392. The molecule has 2 amide bonds. The Morgan fingerprint density at radius 1 is 1.21 bits per heavy atom. The Morgan fingerprint density at radius 2 is 1.90 bits per heavy atom. The van der Waals surface area contributed by atoms with Crippen molar-refractivity contribution in [2.75, 3.05) is 27.3 Å². The summed E-state index contributed by atoms with van der Waals surface area (Å²) in [4.78, 5) is 14.0. The number of halogens is 3. The first-order valence-corrected chi connectivity index (χ1v) is 8.96. The molecule has 3 rings (SSSR count). The first kappa shape index (κ1) is 20.7. The summed E-state index contributed by atoms with van der Waals surface area (Å²) in [5.41, 5.74) is 0.844. The molecule has 0 atom stereocenters. The zero-order valence-corrected chi connectivity index (χ0v) is 16.0. The SMILES string of the molecule is COc1ccc(CNC(=O)N2CCC(c3nnc(C(F)(F)F)o3)CC2)cc1OC. The third kappa shape index (κ3) is 4.90. The molecule has 1 aliphatic rings. The summed E-state index contributed by atoms with van der Waals surface area (Å²) in [6, 6.07) is 5.10.